The fourth-order valence-corrected chi connectivity index (χ4v) is 4.45. The Labute approximate surface area is 220 Å². The standard InChI is InChI=1S/C33H35NO3/c1-23-5-9-25(10-6-23)19-28-21-30(22-29(33(28)36)20-26-11-7-24(2)8-12-26)32(35)27-13-15-31(16-14-27)37-18-17-34(3)4/h5-16,19-20,30H,17-18,21-22H2,1-4H3/b28-19+,29-20+. The smallest absolute Gasteiger partial charge is 0.185 e. The average molecular weight is 494 g/mol. The quantitative estimate of drug-likeness (QED) is 0.263. The molecule has 1 fully saturated rings. The molecule has 4 rings (SSSR count). The van der Waals surface area contributed by atoms with Crippen molar-refractivity contribution in [2.75, 3.05) is 27.2 Å². The Morgan fingerprint density at radius 1 is 0.811 bits per heavy atom. The average Bonchev–Trinajstić information content (AvgIpc) is 2.88. The molecule has 0 spiro atoms. The minimum Gasteiger partial charge on any atom is -0.492 e. The van der Waals surface area contributed by atoms with Crippen molar-refractivity contribution in [3.63, 3.8) is 0 Å². The number of carbonyl (C=O) groups excluding carboxylic acids is 2. The molecule has 0 N–H and O–H groups in total. The van der Waals surface area contributed by atoms with Crippen LogP contribution in [0.5, 0.6) is 5.75 Å². The van der Waals surface area contributed by atoms with Crippen molar-refractivity contribution in [3.8, 4) is 5.75 Å². The van der Waals surface area contributed by atoms with Crippen molar-refractivity contribution in [2.45, 2.75) is 26.7 Å². The van der Waals surface area contributed by atoms with Crippen LogP contribution < -0.4 is 4.74 Å². The molecule has 0 heterocycles. The highest BCUT2D eigenvalue weighted by atomic mass is 16.5. The van der Waals surface area contributed by atoms with Gasteiger partial charge in [-0.1, -0.05) is 59.7 Å². The van der Waals surface area contributed by atoms with Crippen LogP contribution in [0.2, 0.25) is 0 Å². The molecule has 3 aromatic carbocycles. The summed E-state index contributed by atoms with van der Waals surface area (Å²) in [5.41, 5.74) is 6.26. The highest BCUT2D eigenvalue weighted by Crippen LogP contribution is 2.35. The van der Waals surface area contributed by atoms with Gasteiger partial charge in [-0.25, -0.2) is 0 Å². The SMILES string of the molecule is Cc1ccc(/C=C2\CC(C(=O)c3ccc(OCCN(C)C)cc3)C/C(=C\c3ccc(C)cc3)C2=O)cc1. The highest BCUT2D eigenvalue weighted by Gasteiger charge is 2.32. The molecule has 190 valence electrons. The largest absolute Gasteiger partial charge is 0.492 e. The van der Waals surface area contributed by atoms with E-state index >= 15 is 0 Å². The summed E-state index contributed by atoms with van der Waals surface area (Å²) in [7, 11) is 4.01. The minimum absolute atomic E-state index is 0.0230. The molecule has 0 unspecified atom stereocenters. The van der Waals surface area contributed by atoms with Gasteiger partial charge < -0.3 is 9.64 Å². The van der Waals surface area contributed by atoms with Gasteiger partial charge in [0.25, 0.3) is 0 Å². The lowest BCUT2D eigenvalue weighted by Gasteiger charge is -2.25. The molecule has 0 amide bonds. The zero-order valence-corrected chi connectivity index (χ0v) is 22.2. The second kappa shape index (κ2) is 12.0. The zero-order chi connectivity index (χ0) is 26.4. The maximum absolute atomic E-state index is 13.6. The lowest BCUT2D eigenvalue weighted by atomic mass is 9.76. The molecule has 4 heteroatoms. The number of ketones is 2. The first-order valence-electron chi connectivity index (χ1n) is 12.8. The van der Waals surface area contributed by atoms with E-state index in [0.717, 1.165) is 23.4 Å². The topological polar surface area (TPSA) is 46.6 Å². The second-order valence-corrected chi connectivity index (χ2v) is 10.1. The zero-order valence-electron chi connectivity index (χ0n) is 22.2. The van der Waals surface area contributed by atoms with Crippen molar-refractivity contribution in [1.29, 1.82) is 0 Å². The lowest BCUT2D eigenvalue weighted by Crippen LogP contribution is -2.26. The number of benzene rings is 3. The molecule has 1 aliphatic carbocycles. The fraction of sp³-hybridized carbons (Fsp3) is 0.273. The van der Waals surface area contributed by atoms with Gasteiger partial charge in [0.05, 0.1) is 0 Å². The Balaban J connectivity index is 1.60. The number of nitrogens with zero attached hydrogens (tertiary/aromatic N) is 1. The first-order valence-corrected chi connectivity index (χ1v) is 12.8. The van der Waals surface area contributed by atoms with Crippen molar-refractivity contribution >= 4 is 23.7 Å². The van der Waals surface area contributed by atoms with Gasteiger partial charge in [0.1, 0.15) is 12.4 Å². The maximum atomic E-state index is 13.6. The van der Waals surface area contributed by atoms with E-state index in [1.807, 2.05) is 113 Å². The summed E-state index contributed by atoms with van der Waals surface area (Å²) >= 11 is 0. The summed E-state index contributed by atoms with van der Waals surface area (Å²) in [6, 6.07) is 23.6. The Bertz CT molecular complexity index is 1230. The van der Waals surface area contributed by atoms with Crippen LogP contribution in [0.1, 0.15) is 45.5 Å². The van der Waals surface area contributed by atoms with Crippen LogP contribution in [0.15, 0.2) is 83.9 Å². The van der Waals surface area contributed by atoms with Crippen LogP contribution in [0.25, 0.3) is 12.2 Å². The highest BCUT2D eigenvalue weighted by molar-refractivity contribution is 6.15. The molecule has 0 atom stereocenters. The van der Waals surface area contributed by atoms with Gasteiger partial charge in [-0.2, -0.15) is 0 Å². The number of rotatable bonds is 8. The van der Waals surface area contributed by atoms with Crippen LogP contribution in [0, 0.1) is 19.8 Å². The Morgan fingerprint density at radius 2 is 1.30 bits per heavy atom. The third-order valence-corrected chi connectivity index (χ3v) is 6.67. The van der Waals surface area contributed by atoms with E-state index in [1.54, 1.807) is 0 Å². The number of allylic oxidation sites excluding steroid dienone is 2. The van der Waals surface area contributed by atoms with Gasteiger partial charge in [-0.3, -0.25) is 9.59 Å². The predicted octanol–water partition coefficient (Wildman–Crippen LogP) is 6.57. The van der Waals surface area contributed by atoms with Crippen molar-refractivity contribution in [3.05, 3.63) is 112 Å². The Morgan fingerprint density at radius 3 is 1.76 bits per heavy atom. The van der Waals surface area contributed by atoms with Crippen LogP contribution >= 0.6 is 0 Å². The number of aryl methyl sites for hydroxylation is 2. The minimum atomic E-state index is -0.299. The van der Waals surface area contributed by atoms with Crippen LogP contribution in [0.4, 0.5) is 0 Å². The molecular formula is C33H35NO3. The first kappa shape index (κ1) is 26.3. The summed E-state index contributed by atoms with van der Waals surface area (Å²) in [5, 5.41) is 0. The van der Waals surface area contributed by atoms with E-state index in [0.29, 0.717) is 36.2 Å². The summed E-state index contributed by atoms with van der Waals surface area (Å²) in [5.74, 6) is 0.524. The predicted molar refractivity (Wildman–Crippen MR) is 151 cm³/mol. The molecular weight excluding hydrogens is 458 g/mol. The van der Waals surface area contributed by atoms with E-state index in [-0.39, 0.29) is 17.5 Å². The molecule has 0 aliphatic heterocycles. The van der Waals surface area contributed by atoms with Gasteiger partial charge in [-0.15, -0.1) is 0 Å². The number of hydrogen-bond acceptors (Lipinski definition) is 4. The van der Waals surface area contributed by atoms with E-state index in [4.69, 9.17) is 4.74 Å². The number of carbonyl (C=O) groups is 2. The summed E-state index contributed by atoms with van der Waals surface area (Å²) in [4.78, 5) is 29.2. The molecule has 1 saturated carbocycles. The van der Waals surface area contributed by atoms with Crippen LogP contribution in [-0.4, -0.2) is 43.7 Å². The van der Waals surface area contributed by atoms with Crippen molar-refractivity contribution < 1.29 is 14.3 Å². The van der Waals surface area contributed by atoms with Crippen molar-refractivity contribution in [2.24, 2.45) is 5.92 Å². The molecule has 0 saturated heterocycles. The third kappa shape index (κ3) is 7.14. The first-order chi connectivity index (χ1) is 17.8. The van der Waals surface area contributed by atoms with Gasteiger partial charge in [0, 0.05) is 29.2 Å². The van der Waals surface area contributed by atoms with Gasteiger partial charge in [0.2, 0.25) is 0 Å². The number of likely N-dealkylation sites (N-methyl/N-ethyl adjacent to an activating group) is 1. The number of Topliss-reactive ketones (excluding diaryl/α,β-unsaturated/α-hetero) is 2. The second-order valence-electron chi connectivity index (χ2n) is 10.1. The molecule has 37 heavy (non-hydrogen) atoms. The van der Waals surface area contributed by atoms with Crippen LogP contribution in [-0.2, 0) is 4.79 Å². The molecule has 4 nitrogen and oxygen atoms in total. The van der Waals surface area contributed by atoms with E-state index in [9.17, 15) is 9.59 Å². The van der Waals surface area contributed by atoms with E-state index in [2.05, 4.69) is 4.90 Å². The maximum Gasteiger partial charge on any atom is 0.185 e. The summed E-state index contributed by atoms with van der Waals surface area (Å²) in [6.07, 6.45) is 4.73. The normalized spacial score (nSPS) is 18.0. The number of ether oxygens (including phenoxy) is 1. The molecule has 0 bridgehead atoms. The fourth-order valence-electron chi connectivity index (χ4n) is 4.45. The van der Waals surface area contributed by atoms with Crippen molar-refractivity contribution in [1.82, 2.24) is 4.90 Å². The monoisotopic (exact) mass is 493 g/mol. The Hall–Kier alpha value is -3.76. The molecule has 0 aromatic heterocycles. The summed E-state index contributed by atoms with van der Waals surface area (Å²) in [6.45, 7) is 5.49. The van der Waals surface area contributed by atoms with Gasteiger partial charge in [-0.05, 0) is 88.3 Å². The van der Waals surface area contributed by atoms with E-state index < -0.39 is 0 Å². The Kier molecular flexibility index (Phi) is 8.52. The van der Waals surface area contributed by atoms with E-state index in [1.165, 1.54) is 11.1 Å². The molecule has 3 aromatic rings. The lowest BCUT2D eigenvalue weighted by molar-refractivity contribution is -0.113. The number of hydrogen-bond donors (Lipinski definition) is 0. The third-order valence-electron chi connectivity index (χ3n) is 6.67. The van der Waals surface area contributed by atoms with Crippen LogP contribution in [0.3, 0.4) is 0 Å². The van der Waals surface area contributed by atoms with Gasteiger partial charge in [0.15, 0.2) is 11.6 Å². The van der Waals surface area contributed by atoms with Gasteiger partial charge >= 0.3 is 0 Å². The molecule has 1 aliphatic rings. The summed E-state index contributed by atoms with van der Waals surface area (Å²) < 4.78 is 5.78. The molecule has 0 radical (unpaired) electrons.